The molecule has 0 saturated carbocycles. The van der Waals surface area contributed by atoms with Gasteiger partial charge in [-0.2, -0.15) is 5.10 Å². The van der Waals surface area contributed by atoms with Gasteiger partial charge >= 0.3 is 0 Å². The van der Waals surface area contributed by atoms with Gasteiger partial charge in [0.05, 0.1) is 15.6 Å². The molecule has 1 rings (SSSR count). The van der Waals surface area contributed by atoms with Gasteiger partial charge in [-0.3, -0.25) is 15.5 Å². The van der Waals surface area contributed by atoms with Gasteiger partial charge in [-0.15, -0.1) is 0 Å². The second-order valence-corrected chi connectivity index (χ2v) is 4.18. The van der Waals surface area contributed by atoms with Crippen LogP contribution in [0, 0.1) is 10.1 Å². The number of nitrogens with zero attached hydrogens (tertiary/aromatic N) is 2. The van der Waals surface area contributed by atoms with Crippen LogP contribution in [0.1, 0.15) is 5.56 Å². The molecule has 0 fully saturated rings. The Morgan fingerprint density at radius 3 is 2.94 bits per heavy atom. The van der Waals surface area contributed by atoms with Crippen LogP contribution in [0.5, 0.6) is 0 Å². The van der Waals surface area contributed by atoms with Gasteiger partial charge in [-0.05, 0) is 34.2 Å². The van der Waals surface area contributed by atoms with Gasteiger partial charge in [-0.1, -0.05) is 6.07 Å². The van der Waals surface area contributed by atoms with E-state index in [0.717, 1.165) is 0 Å². The number of hydrogen-bond acceptors (Lipinski definition) is 4. The fraction of sp³-hybridized carbons (Fsp3) is 0.111. The summed E-state index contributed by atoms with van der Waals surface area (Å²) in [4.78, 5) is 10.2. The zero-order chi connectivity index (χ0) is 12.8. The number of nitrogens with one attached hydrogen (secondary N) is 2. The molecule has 90 valence electrons. The zero-order valence-electron chi connectivity index (χ0n) is 8.81. The number of hydrogen-bond donors (Lipinski definition) is 2. The highest BCUT2D eigenvalue weighted by Crippen LogP contribution is 2.24. The van der Waals surface area contributed by atoms with E-state index in [1.54, 1.807) is 19.2 Å². The lowest BCUT2D eigenvalue weighted by atomic mass is 10.2. The van der Waals surface area contributed by atoms with Crippen molar-refractivity contribution >= 4 is 45.2 Å². The van der Waals surface area contributed by atoms with Crippen LogP contribution in [0.4, 0.5) is 5.69 Å². The van der Waals surface area contributed by atoms with Gasteiger partial charge in [0.25, 0.3) is 5.69 Å². The van der Waals surface area contributed by atoms with Crippen LogP contribution in [0.3, 0.4) is 0 Å². The predicted octanol–water partition coefficient (Wildman–Crippen LogP) is 1.79. The first-order chi connectivity index (χ1) is 8.04. The summed E-state index contributed by atoms with van der Waals surface area (Å²) in [5, 5.41) is 17.6. The fourth-order valence-corrected chi connectivity index (χ4v) is 1.42. The Balaban J connectivity index is 2.82. The summed E-state index contributed by atoms with van der Waals surface area (Å²) < 4.78 is 0.429. The first-order valence-corrected chi connectivity index (χ1v) is 5.69. The normalized spacial score (nSPS) is 10.2. The van der Waals surface area contributed by atoms with Crippen LogP contribution in [0.25, 0.3) is 0 Å². The van der Waals surface area contributed by atoms with Crippen molar-refractivity contribution in [2.24, 2.45) is 5.10 Å². The lowest BCUT2D eigenvalue weighted by molar-refractivity contribution is -0.385. The number of halogens is 1. The number of benzene rings is 1. The van der Waals surface area contributed by atoms with Crippen LogP contribution in [-0.4, -0.2) is 23.3 Å². The third-order valence-electron chi connectivity index (χ3n) is 1.77. The van der Waals surface area contributed by atoms with Crippen molar-refractivity contribution in [3.8, 4) is 0 Å². The Morgan fingerprint density at radius 1 is 1.65 bits per heavy atom. The highest BCUT2D eigenvalue weighted by Gasteiger charge is 2.11. The van der Waals surface area contributed by atoms with E-state index in [9.17, 15) is 10.1 Å². The van der Waals surface area contributed by atoms with Crippen molar-refractivity contribution in [2.45, 2.75) is 0 Å². The molecule has 0 atom stereocenters. The van der Waals surface area contributed by atoms with Crippen molar-refractivity contribution in [3.05, 3.63) is 38.3 Å². The summed E-state index contributed by atoms with van der Waals surface area (Å²) in [6, 6.07) is 4.71. The number of nitro groups is 1. The summed E-state index contributed by atoms with van der Waals surface area (Å²) in [7, 11) is 1.66. The molecule has 0 bridgehead atoms. The fourth-order valence-electron chi connectivity index (χ4n) is 0.971. The van der Waals surface area contributed by atoms with Crippen LogP contribution in [0.2, 0.25) is 0 Å². The Morgan fingerprint density at radius 2 is 2.35 bits per heavy atom. The second-order valence-electron chi connectivity index (χ2n) is 2.92. The maximum atomic E-state index is 10.7. The van der Waals surface area contributed by atoms with Gasteiger partial charge < -0.3 is 5.32 Å². The number of hydrazone groups is 1. The molecule has 0 aliphatic carbocycles. The van der Waals surface area contributed by atoms with E-state index >= 15 is 0 Å². The monoisotopic (exact) mass is 316 g/mol. The van der Waals surface area contributed by atoms with E-state index in [-0.39, 0.29) is 5.69 Å². The Hall–Kier alpha value is -1.54. The van der Waals surface area contributed by atoms with Crippen LogP contribution < -0.4 is 10.7 Å². The first kappa shape index (κ1) is 13.5. The molecule has 0 unspecified atom stereocenters. The number of thiocarbonyl (C=S) groups is 1. The highest BCUT2D eigenvalue weighted by atomic mass is 79.9. The topological polar surface area (TPSA) is 79.6 Å². The lowest BCUT2D eigenvalue weighted by Gasteiger charge is -2.00. The predicted molar refractivity (Wildman–Crippen MR) is 73.2 cm³/mol. The molecule has 2 N–H and O–H groups in total. The van der Waals surface area contributed by atoms with E-state index in [4.69, 9.17) is 12.2 Å². The van der Waals surface area contributed by atoms with E-state index in [0.29, 0.717) is 15.1 Å². The quantitative estimate of drug-likeness (QED) is 0.384. The highest BCUT2D eigenvalue weighted by molar-refractivity contribution is 9.10. The van der Waals surface area contributed by atoms with Crippen molar-refractivity contribution in [3.63, 3.8) is 0 Å². The number of nitro benzene ring substituents is 1. The minimum Gasteiger partial charge on any atom is -0.364 e. The Bertz CT molecular complexity index is 478. The number of rotatable bonds is 3. The van der Waals surface area contributed by atoms with E-state index in [1.807, 2.05) is 0 Å². The second kappa shape index (κ2) is 6.26. The molecule has 0 radical (unpaired) electrons. The smallest absolute Gasteiger partial charge is 0.284 e. The summed E-state index contributed by atoms with van der Waals surface area (Å²) in [6.07, 6.45) is 1.45. The summed E-state index contributed by atoms with van der Waals surface area (Å²) in [6.45, 7) is 0. The molecule has 0 aromatic heterocycles. The molecular formula is C9H9BrN4O2S. The van der Waals surface area contributed by atoms with Gasteiger partial charge in [0.15, 0.2) is 5.11 Å². The molecular weight excluding hydrogens is 308 g/mol. The molecule has 8 heteroatoms. The molecule has 17 heavy (non-hydrogen) atoms. The van der Waals surface area contributed by atoms with Gasteiger partial charge in [0, 0.05) is 18.7 Å². The first-order valence-electron chi connectivity index (χ1n) is 4.49. The molecule has 0 saturated heterocycles. The minimum atomic E-state index is -0.465. The summed E-state index contributed by atoms with van der Waals surface area (Å²) in [5.74, 6) is 0. The maximum absolute atomic E-state index is 10.7. The molecule has 1 aromatic carbocycles. The largest absolute Gasteiger partial charge is 0.364 e. The third kappa shape index (κ3) is 4.08. The third-order valence-corrected chi connectivity index (χ3v) is 2.74. The Labute approximate surface area is 111 Å². The molecule has 0 amide bonds. The summed E-state index contributed by atoms with van der Waals surface area (Å²) >= 11 is 7.91. The summed E-state index contributed by atoms with van der Waals surface area (Å²) in [5.41, 5.74) is 3.15. The zero-order valence-corrected chi connectivity index (χ0v) is 11.2. The van der Waals surface area contributed by atoms with E-state index in [2.05, 4.69) is 31.8 Å². The van der Waals surface area contributed by atoms with Gasteiger partial charge in [0.1, 0.15) is 0 Å². The molecule has 0 aliphatic heterocycles. The average Bonchev–Trinajstić information content (AvgIpc) is 2.30. The maximum Gasteiger partial charge on any atom is 0.284 e. The van der Waals surface area contributed by atoms with Crippen LogP contribution in [-0.2, 0) is 0 Å². The molecule has 0 aliphatic rings. The minimum absolute atomic E-state index is 0.00913. The average molecular weight is 317 g/mol. The molecule has 1 aromatic rings. The van der Waals surface area contributed by atoms with E-state index in [1.165, 1.54) is 12.3 Å². The Kier molecular flexibility index (Phi) is 4.98. The van der Waals surface area contributed by atoms with Crippen molar-refractivity contribution in [2.75, 3.05) is 7.05 Å². The van der Waals surface area contributed by atoms with Gasteiger partial charge in [0.2, 0.25) is 0 Å². The SMILES string of the molecule is CNC(=S)N/N=C/c1ccc(Br)c([N+](=O)[O-])c1. The van der Waals surface area contributed by atoms with E-state index < -0.39 is 4.92 Å². The van der Waals surface area contributed by atoms with Crippen molar-refractivity contribution < 1.29 is 4.92 Å². The molecule has 0 heterocycles. The van der Waals surface area contributed by atoms with Gasteiger partial charge in [-0.25, -0.2) is 0 Å². The van der Waals surface area contributed by atoms with Crippen molar-refractivity contribution in [1.82, 2.24) is 10.7 Å². The lowest BCUT2D eigenvalue weighted by Crippen LogP contribution is -2.28. The van der Waals surface area contributed by atoms with Crippen LogP contribution in [0.15, 0.2) is 27.8 Å². The standard InChI is InChI=1S/C9H9BrN4O2S/c1-11-9(17)13-12-5-6-2-3-7(10)8(4-6)14(15)16/h2-5H,1H3,(H2,11,13,17)/b12-5+. The van der Waals surface area contributed by atoms with Crippen LogP contribution >= 0.6 is 28.1 Å². The molecule has 6 nitrogen and oxygen atoms in total. The van der Waals surface area contributed by atoms with Crippen molar-refractivity contribution in [1.29, 1.82) is 0 Å². The molecule has 0 spiro atoms.